The van der Waals surface area contributed by atoms with E-state index in [1.54, 1.807) is 13.0 Å². The summed E-state index contributed by atoms with van der Waals surface area (Å²) in [7, 11) is 0. The summed E-state index contributed by atoms with van der Waals surface area (Å²) in [4.78, 5) is 35.8. The van der Waals surface area contributed by atoms with Crippen molar-refractivity contribution in [2.24, 2.45) is 0 Å². The Balaban J connectivity index is 1.87. The van der Waals surface area contributed by atoms with Crippen LogP contribution in [0.4, 0.5) is 0 Å². The minimum absolute atomic E-state index is 0.0449. The number of fused-ring (bicyclic) bond motifs is 16. The van der Waals surface area contributed by atoms with Gasteiger partial charge in [0.25, 0.3) is 0 Å². The van der Waals surface area contributed by atoms with E-state index >= 15 is 0 Å². The van der Waals surface area contributed by atoms with Crippen molar-refractivity contribution in [3.63, 3.8) is 0 Å². The molecule has 0 saturated carbocycles. The van der Waals surface area contributed by atoms with Gasteiger partial charge in [-0.2, -0.15) is 0 Å². The van der Waals surface area contributed by atoms with Gasteiger partial charge in [-0.25, -0.2) is 0 Å². The van der Waals surface area contributed by atoms with Crippen LogP contribution in [0.3, 0.4) is 0 Å². The molecule has 2 saturated heterocycles. The van der Waals surface area contributed by atoms with Gasteiger partial charge in [0.2, 0.25) is 0 Å². The van der Waals surface area contributed by atoms with Gasteiger partial charge >= 0.3 is 17.9 Å². The summed E-state index contributed by atoms with van der Waals surface area (Å²) in [6.07, 6.45) is 4.25. The third-order valence-corrected chi connectivity index (χ3v) is 7.82. The first kappa shape index (κ1) is 39.5. The molecule has 4 N–H and O–H groups in total. The van der Waals surface area contributed by atoms with Crippen molar-refractivity contribution in [1.29, 1.82) is 0 Å². The zero-order valence-corrected chi connectivity index (χ0v) is 27.7. The predicted octanol–water partition coefficient (Wildman–Crippen LogP) is 1.68. The highest BCUT2D eigenvalue weighted by Crippen LogP contribution is 2.32. The Morgan fingerprint density at radius 3 is 1.90 bits per heavy atom. The van der Waals surface area contributed by atoms with Crippen molar-refractivity contribution in [3.05, 3.63) is 48.6 Å². The lowest BCUT2D eigenvalue weighted by molar-refractivity contribution is -0.369. The van der Waals surface area contributed by atoms with E-state index in [0.29, 0.717) is 12.8 Å². The third-order valence-electron chi connectivity index (χ3n) is 7.82. The lowest BCUT2D eigenvalue weighted by Crippen LogP contribution is -2.65. The van der Waals surface area contributed by atoms with Crippen LogP contribution < -0.4 is 0 Å². The zero-order valence-electron chi connectivity index (χ0n) is 27.7. The van der Waals surface area contributed by atoms with E-state index in [1.165, 1.54) is 6.92 Å². The highest BCUT2D eigenvalue weighted by atomic mass is 16.8. The zero-order chi connectivity index (χ0) is 35.1. The van der Waals surface area contributed by atoms with Crippen molar-refractivity contribution >= 4 is 17.9 Å². The van der Waals surface area contributed by atoms with Gasteiger partial charge in [-0.1, -0.05) is 48.6 Å². The van der Waals surface area contributed by atoms with Gasteiger partial charge in [0.05, 0.1) is 6.10 Å². The van der Waals surface area contributed by atoms with Crippen LogP contribution in [0.2, 0.25) is 0 Å². The number of ether oxygens (including phenoxy) is 7. The van der Waals surface area contributed by atoms with Crippen LogP contribution in [0.1, 0.15) is 65.7 Å². The van der Waals surface area contributed by atoms with E-state index in [2.05, 4.69) is 18.2 Å². The van der Waals surface area contributed by atoms with Crippen LogP contribution in [0.15, 0.2) is 48.6 Å². The van der Waals surface area contributed by atoms with Crippen LogP contribution in [0.5, 0.6) is 0 Å². The maximum Gasteiger partial charge on any atom is 0.306 e. The second-order valence-electron chi connectivity index (χ2n) is 11.8. The lowest BCUT2D eigenvalue weighted by atomic mass is 9.97. The number of aliphatic hydroxyl groups is 4. The van der Waals surface area contributed by atoms with Gasteiger partial charge in [0.15, 0.2) is 18.7 Å². The molecule has 270 valence electrons. The Labute approximate surface area is 280 Å². The molecule has 14 nitrogen and oxygen atoms in total. The summed E-state index contributed by atoms with van der Waals surface area (Å²) in [5, 5.41) is 44.1. The average Bonchev–Trinajstić information content (AvgIpc) is 3.03. The van der Waals surface area contributed by atoms with Crippen LogP contribution >= 0.6 is 0 Å². The van der Waals surface area contributed by atoms with E-state index in [0.717, 1.165) is 32.6 Å². The molecule has 0 amide bonds. The van der Waals surface area contributed by atoms with Gasteiger partial charge in [-0.05, 0) is 45.4 Å². The van der Waals surface area contributed by atoms with E-state index in [4.69, 9.17) is 33.2 Å². The minimum atomic E-state index is -1.82. The second kappa shape index (κ2) is 20.5. The van der Waals surface area contributed by atoms with E-state index in [9.17, 15) is 34.8 Å². The van der Waals surface area contributed by atoms with Crippen molar-refractivity contribution in [1.82, 2.24) is 0 Å². The van der Waals surface area contributed by atoms with Gasteiger partial charge in [0, 0.05) is 20.3 Å². The summed E-state index contributed by atoms with van der Waals surface area (Å²) in [5.74, 6) is -1.94. The summed E-state index contributed by atoms with van der Waals surface area (Å²) in [6.45, 7) is 3.22. The molecule has 0 radical (unpaired) electrons. The first-order valence-corrected chi connectivity index (χ1v) is 16.4. The molecule has 4 rings (SSSR count). The molecule has 11 atom stereocenters. The van der Waals surface area contributed by atoms with E-state index in [-0.39, 0.29) is 6.42 Å². The van der Waals surface area contributed by atoms with Crippen molar-refractivity contribution in [3.8, 4) is 0 Å². The molecule has 0 aromatic rings. The van der Waals surface area contributed by atoms with Gasteiger partial charge < -0.3 is 53.6 Å². The molecule has 48 heavy (non-hydrogen) atoms. The molecule has 0 aromatic carbocycles. The SMILES string of the molecule is CC(=O)OC[C@H]1O[C@H]2OC(C)/C=C/C/C=C/C/C=C\C/C=C/CCCCC(=O)O[C@H]3[C@H](O)[C@@H](O)[C@H](O[C@@H]2[C@@H](O)[C@@H]1O)O[C@@H]3COC(C)=O. The molecule has 1 unspecified atom stereocenters. The van der Waals surface area contributed by atoms with E-state index in [1.807, 2.05) is 24.3 Å². The topological polar surface area (TPSA) is 197 Å². The Hall–Kier alpha value is -2.95. The monoisotopic (exact) mass is 682 g/mol. The van der Waals surface area contributed by atoms with Gasteiger partial charge in [-0.3, -0.25) is 14.4 Å². The first-order chi connectivity index (χ1) is 23.0. The van der Waals surface area contributed by atoms with E-state index < -0.39 is 98.6 Å². The molecule has 0 aliphatic carbocycles. The molecule has 0 spiro atoms. The van der Waals surface area contributed by atoms with Crippen molar-refractivity contribution < 1.29 is 68.0 Å². The number of rotatable bonds is 4. The molecule has 2 bridgehead atoms. The number of hydrogen-bond acceptors (Lipinski definition) is 14. The Kier molecular flexibility index (Phi) is 16.9. The Morgan fingerprint density at radius 1 is 0.688 bits per heavy atom. The second-order valence-corrected chi connectivity index (χ2v) is 11.8. The normalized spacial score (nSPS) is 38.8. The Morgan fingerprint density at radius 2 is 1.25 bits per heavy atom. The standard InChI is InChI=1S/C34H50O14/c1-21-17-15-13-11-9-7-5-4-6-8-10-12-14-16-18-26(37)47-31-25(20-43-23(3)36)46-33(30(41)29(31)40)48-32-28(39)27(38)24(19-42-22(2)35)45-34(32)44-21/h4-5,8-11,15,17,21,24-25,27-34,38-41H,6-7,12-14,16,18-20H2,1-3H3/b5-4-,10-8+,11-9+,17-15+/t21?,24-,25-,27-,28+,29-,30-,31-,32-,33+,34-/m1/s1. The average molecular weight is 683 g/mol. The molecule has 4 aliphatic rings. The molecule has 4 heterocycles. The smallest absolute Gasteiger partial charge is 0.306 e. The summed E-state index contributed by atoms with van der Waals surface area (Å²) >= 11 is 0. The number of carbonyl (C=O) groups is 3. The van der Waals surface area contributed by atoms with Crippen LogP contribution in [-0.2, 0) is 47.5 Å². The number of carbonyl (C=O) groups excluding carboxylic acids is 3. The van der Waals surface area contributed by atoms with Gasteiger partial charge in [-0.15, -0.1) is 0 Å². The minimum Gasteiger partial charge on any atom is -0.463 e. The number of hydrogen-bond donors (Lipinski definition) is 4. The Bertz CT molecular complexity index is 1130. The predicted molar refractivity (Wildman–Crippen MR) is 169 cm³/mol. The lowest BCUT2D eigenvalue weighted by Gasteiger charge is -2.46. The summed E-state index contributed by atoms with van der Waals surface area (Å²) < 4.78 is 39.3. The van der Waals surface area contributed by atoms with Crippen LogP contribution in [0, 0.1) is 0 Å². The molecule has 4 aliphatic heterocycles. The fraction of sp³-hybridized carbons (Fsp3) is 0.676. The number of esters is 3. The highest BCUT2D eigenvalue weighted by molar-refractivity contribution is 5.69. The maximum atomic E-state index is 12.7. The molecular formula is C34H50O14. The summed E-state index contributed by atoms with van der Waals surface area (Å²) in [5.41, 5.74) is 0. The molecular weight excluding hydrogens is 632 g/mol. The van der Waals surface area contributed by atoms with Crippen molar-refractivity contribution in [2.75, 3.05) is 13.2 Å². The third kappa shape index (κ3) is 12.8. The van der Waals surface area contributed by atoms with Crippen LogP contribution in [0.25, 0.3) is 0 Å². The number of allylic oxidation sites excluding steroid dienone is 7. The quantitative estimate of drug-likeness (QED) is 0.190. The fourth-order valence-electron chi connectivity index (χ4n) is 5.25. The van der Waals surface area contributed by atoms with Gasteiger partial charge in [0.1, 0.15) is 55.9 Å². The highest BCUT2D eigenvalue weighted by Gasteiger charge is 2.52. The van der Waals surface area contributed by atoms with Crippen molar-refractivity contribution in [2.45, 2.75) is 133 Å². The number of aliphatic hydroxyl groups excluding tert-OH is 4. The fourth-order valence-corrected chi connectivity index (χ4v) is 5.25. The molecule has 0 aromatic heterocycles. The van der Waals surface area contributed by atoms with Crippen LogP contribution in [-0.4, -0.2) is 119 Å². The molecule has 2 fully saturated rings. The first-order valence-electron chi connectivity index (χ1n) is 16.4. The largest absolute Gasteiger partial charge is 0.463 e. The molecule has 14 heteroatoms. The summed E-state index contributed by atoms with van der Waals surface area (Å²) in [6, 6.07) is 0. The maximum absolute atomic E-state index is 12.7.